The molecule has 4 heteroatoms. The van der Waals surface area contributed by atoms with Gasteiger partial charge in [-0.2, -0.15) is 0 Å². The summed E-state index contributed by atoms with van der Waals surface area (Å²) >= 11 is 0. The van der Waals surface area contributed by atoms with Gasteiger partial charge in [0, 0.05) is 19.1 Å². The number of nitrogens with zero attached hydrogens (tertiary/aromatic N) is 1. The SMILES string of the molecule is Cl.O=C([C@@H]1[C@H]2CC[C@@H]1NC2)N1CC=CC1. The van der Waals surface area contributed by atoms with E-state index in [1.165, 1.54) is 12.8 Å². The predicted molar refractivity (Wildman–Crippen MR) is 61.0 cm³/mol. The third kappa shape index (κ3) is 1.68. The molecule has 84 valence electrons. The summed E-state index contributed by atoms with van der Waals surface area (Å²) in [5, 5.41) is 3.44. The van der Waals surface area contributed by atoms with E-state index < -0.39 is 0 Å². The van der Waals surface area contributed by atoms with E-state index in [9.17, 15) is 4.79 Å². The van der Waals surface area contributed by atoms with Gasteiger partial charge in [-0.15, -0.1) is 12.4 Å². The minimum absolute atomic E-state index is 0. The van der Waals surface area contributed by atoms with Crippen molar-refractivity contribution in [1.29, 1.82) is 0 Å². The van der Waals surface area contributed by atoms with Crippen LogP contribution >= 0.6 is 12.4 Å². The van der Waals surface area contributed by atoms with E-state index >= 15 is 0 Å². The van der Waals surface area contributed by atoms with Crippen LogP contribution in [0.2, 0.25) is 0 Å². The Morgan fingerprint density at radius 2 is 2.00 bits per heavy atom. The number of rotatable bonds is 1. The highest BCUT2D eigenvalue weighted by molar-refractivity contribution is 5.85. The van der Waals surface area contributed by atoms with Crippen LogP contribution in [0.4, 0.5) is 0 Å². The van der Waals surface area contributed by atoms with Crippen molar-refractivity contribution in [2.45, 2.75) is 18.9 Å². The lowest BCUT2D eigenvalue weighted by Gasteiger charge is -2.22. The Labute approximate surface area is 96.3 Å². The Hall–Kier alpha value is -0.540. The van der Waals surface area contributed by atoms with Gasteiger partial charge in [-0.3, -0.25) is 4.79 Å². The first-order chi connectivity index (χ1) is 6.86. The van der Waals surface area contributed by atoms with Gasteiger partial charge in [0.05, 0.1) is 5.92 Å². The lowest BCUT2D eigenvalue weighted by atomic mass is 9.97. The maximum atomic E-state index is 12.2. The Balaban J connectivity index is 0.000000853. The fourth-order valence-corrected chi connectivity index (χ4v) is 3.08. The molecule has 3 atom stereocenters. The van der Waals surface area contributed by atoms with Crippen molar-refractivity contribution < 1.29 is 4.79 Å². The molecule has 1 N–H and O–H groups in total. The molecule has 15 heavy (non-hydrogen) atoms. The summed E-state index contributed by atoms with van der Waals surface area (Å²) in [5.41, 5.74) is 0. The monoisotopic (exact) mass is 228 g/mol. The summed E-state index contributed by atoms with van der Waals surface area (Å²) in [6.45, 7) is 2.71. The third-order valence-corrected chi connectivity index (χ3v) is 3.85. The standard InChI is InChI=1S/C11H16N2O.ClH/c14-11(13-5-1-2-6-13)10-8-3-4-9(10)12-7-8;/h1-2,8-10,12H,3-7H2;1H/t8-,9-,10+;/m0./s1. The van der Waals surface area contributed by atoms with Crippen LogP contribution in [0.5, 0.6) is 0 Å². The van der Waals surface area contributed by atoms with E-state index in [0.29, 0.717) is 17.9 Å². The molecule has 1 saturated heterocycles. The highest BCUT2D eigenvalue weighted by atomic mass is 35.5. The van der Waals surface area contributed by atoms with Crippen LogP contribution in [-0.2, 0) is 4.79 Å². The van der Waals surface area contributed by atoms with Crippen molar-refractivity contribution in [3.8, 4) is 0 Å². The smallest absolute Gasteiger partial charge is 0.228 e. The lowest BCUT2D eigenvalue weighted by molar-refractivity contribution is -0.134. The summed E-state index contributed by atoms with van der Waals surface area (Å²) in [6.07, 6.45) is 6.61. The molecule has 3 nitrogen and oxygen atoms in total. The molecule has 2 bridgehead atoms. The van der Waals surface area contributed by atoms with Crippen LogP contribution in [0.15, 0.2) is 12.2 Å². The van der Waals surface area contributed by atoms with Gasteiger partial charge in [0.1, 0.15) is 0 Å². The Bertz CT molecular complexity index is 264. The summed E-state index contributed by atoms with van der Waals surface area (Å²) in [4.78, 5) is 14.1. The Morgan fingerprint density at radius 1 is 1.27 bits per heavy atom. The number of carbonyl (C=O) groups is 1. The van der Waals surface area contributed by atoms with Gasteiger partial charge in [-0.25, -0.2) is 0 Å². The second kappa shape index (κ2) is 4.14. The maximum Gasteiger partial charge on any atom is 0.228 e. The van der Waals surface area contributed by atoms with E-state index in [4.69, 9.17) is 0 Å². The molecule has 3 aliphatic rings. The number of piperidine rings is 1. The molecular weight excluding hydrogens is 212 g/mol. The molecule has 0 spiro atoms. The average Bonchev–Trinajstić information content (AvgIpc) is 2.94. The van der Waals surface area contributed by atoms with E-state index in [-0.39, 0.29) is 18.3 Å². The van der Waals surface area contributed by atoms with E-state index in [1.807, 2.05) is 4.90 Å². The molecule has 1 saturated carbocycles. The summed E-state index contributed by atoms with van der Waals surface area (Å²) in [7, 11) is 0. The van der Waals surface area contributed by atoms with Crippen molar-refractivity contribution in [3.05, 3.63) is 12.2 Å². The van der Waals surface area contributed by atoms with Gasteiger partial charge in [-0.05, 0) is 25.3 Å². The molecule has 0 aromatic rings. The zero-order chi connectivity index (χ0) is 9.54. The van der Waals surface area contributed by atoms with E-state index in [2.05, 4.69) is 17.5 Å². The lowest BCUT2D eigenvalue weighted by Crippen LogP contribution is -2.39. The molecule has 0 aromatic heterocycles. The van der Waals surface area contributed by atoms with Gasteiger partial charge in [0.2, 0.25) is 5.91 Å². The largest absolute Gasteiger partial charge is 0.335 e. The highest BCUT2D eigenvalue weighted by Gasteiger charge is 2.46. The first kappa shape index (κ1) is 11.0. The van der Waals surface area contributed by atoms with Crippen LogP contribution in [0.25, 0.3) is 0 Å². The number of hydrogen-bond donors (Lipinski definition) is 1. The van der Waals surface area contributed by atoms with Gasteiger partial charge in [0.15, 0.2) is 0 Å². The van der Waals surface area contributed by atoms with Crippen LogP contribution in [-0.4, -0.2) is 36.5 Å². The molecule has 0 aromatic carbocycles. The van der Waals surface area contributed by atoms with Crippen molar-refractivity contribution in [1.82, 2.24) is 10.2 Å². The average molecular weight is 229 g/mol. The second-order valence-electron chi connectivity index (χ2n) is 4.59. The number of amides is 1. The minimum atomic E-state index is 0. The van der Waals surface area contributed by atoms with Gasteiger partial charge in [0.25, 0.3) is 0 Å². The first-order valence-corrected chi connectivity index (χ1v) is 5.53. The predicted octanol–water partition coefficient (Wildman–Crippen LogP) is 0.805. The number of carbonyl (C=O) groups excluding carboxylic acids is 1. The molecular formula is C11H17ClN2O. The molecule has 2 aliphatic heterocycles. The van der Waals surface area contributed by atoms with Crippen LogP contribution in [0.1, 0.15) is 12.8 Å². The number of fused-ring (bicyclic) bond motifs is 2. The van der Waals surface area contributed by atoms with Crippen molar-refractivity contribution in [2.75, 3.05) is 19.6 Å². The summed E-state index contributed by atoms with van der Waals surface area (Å²) < 4.78 is 0. The van der Waals surface area contributed by atoms with Crippen LogP contribution in [0, 0.1) is 11.8 Å². The van der Waals surface area contributed by atoms with E-state index in [0.717, 1.165) is 19.6 Å². The van der Waals surface area contributed by atoms with Crippen molar-refractivity contribution in [3.63, 3.8) is 0 Å². The van der Waals surface area contributed by atoms with E-state index in [1.54, 1.807) is 0 Å². The molecule has 1 amide bonds. The van der Waals surface area contributed by atoms with Crippen molar-refractivity contribution >= 4 is 18.3 Å². The van der Waals surface area contributed by atoms with Gasteiger partial charge >= 0.3 is 0 Å². The van der Waals surface area contributed by atoms with Gasteiger partial charge < -0.3 is 10.2 Å². The number of halogens is 1. The zero-order valence-electron chi connectivity index (χ0n) is 8.69. The highest BCUT2D eigenvalue weighted by Crippen LogP contribution is 2.38. The zero-order valence-corrected chi connectivity index (χ0v) is 9.50. The summed E-state index contributed by atoms with van der Waals surface area (Å²) in [6, 6.07) is 0.480. The topological polar surface area (TPSA) is 32.3 Å². The second-order valence-corrected chi connectivity index (χ2v) is 4.59. The Morgan fingerprint density at radius 3 is 2.47 bits per heavy atom. The fourth-order valence-electron chi connectivity index (χ4n) is 3.08. The normalized spacial score (nSPS) is 37.1. The molecule has 0 radical (unpaired) electrons. The molecule has 0 unspecified atom stereocenters. The molecule has 1 aliphatic carbocycles. The summed E-state index contributed by atoms with van der Waals surface area (Å²) in [5.74, 6) is 1.29. The molecule has 2 fully saturated rings. The molecule has 2 heterocycles. The van der Waals surface area contributed by atoms with Crippen LogP contribution in [0.3, 0.4) is 0 Å². The maximum absolute atomic E-state index is 12.2. The number of nitrogens with one attached hydrogen (secondary N) is 1. The van der Waals surface area contributed by atoms with Gasteiger partial charge in [-0.1, -0.05) is 12.2 Å². The van der Waals surface area contributed by atoms with Crippen molar-refractivity contribution in [2.24, 2.45) is 11.8 Å². The Kier molecular flexibility index (Phi) is 3.03. The third-order valence-electron chi connectivity index (χ3n) is 3.85. The fraction of sp³-hybridized carbons (Fsp3) is 0.727. The minimum Gasteiger partial charge on any atom is -0.335 e. The molecule has 3 rings (SSSR count). The quantitative estimate of drug-likeness (QED) is 0.674. The first-order valence-electron chi connectivity index (χ1n) is 5.53. The van der Waals surface area contributed by atoms with Crippen LogP contribution < -0.4 is 5.32 Å². The number of hydrogen-bond acceptors (Lipinski definition) is 2.